The molecule has 3 heterocycles. The third-order valence-corrected chi connectivity index (χ3v) is 7.39. The Bertz CT molecular complexity index is 1250. The van der Waals surface area contributed by atoms with Crippen LogP contribution in [0.15, 0.2) is 73.1 Å². The van der Waals surface area contributed by atoms with Gasteiger partial charge in [0.25, 0.3) is 0 Å². The number of carbonyl (C=O) groups excluding carboxylic acids is 2. The number of nitrogens with zero attached hydrogens (tertiary/aromatic N) is 3. The molecule has 0 spiro atoms. The number of fused-ring (bicyclic) bond motifs is 1. The van der Waals surface area contributed by atoms with Crippen LogP contribution >= 0.6 is 11.3 Å². The predicted octanol–water partition coefficient (Wildman–Crippen LogP) is 4.60. The minimum atomic E-state index is -0.541. The Labute approximate surface area is 202 Å². The fraction of sp³-hybridized carbons (Fsp3) is 0.296. The predicted molar refractivity (Wildman–Crippen MR) is 133 cm³/mol. The number of benzene rings is 2. The normalized spacial score (nSPS) is 17.1. The number of aryl methyl sites for hydroxylation is 1. The summed E-state index contributed by atoms with van der Waals surface area (Å²) in [5.41, 5.74) is 3.01. The molecule has 1 aliphatic rings. The number of thiazole rings is 1. The maximum absolute atomic E-state index is 13.2. The smallest absolute Gasteiger partial charge is 0.230 e. The Morgan fingerprint density at radius 3 is 2.56 bits per heavy atom. The first-order valence-electron chi connectivity index (χ1n) is 11.6. The van der Waals surface area contributed by atoms with Crippen molar-refractivity contribution >= 4 is 28.0 Å². The number of rotatable bonds is 7. The van der Waals surface area contributed by atoms with Gasteiger partial charge in [0.05, 0.1) is 29.7 Å². The van der Waals surface area contributed by atoms with Crippen LogP contribution in [0.3, 0.4) is 0 Å². The number of ketones is 1. The van der Waals surface area contributed by atoms with Crippen LogP contribution in [0.2, 0.25) is 0 Å². The molecule has 0 N–H and O–H groups in total. The quantitative estimate of drug-likeness (QED) is 0.394. The summed E-state index contributed by atoms with van der Waals surface area (Å²) in [7, 11) is 0. The fourth-order valence-corrected chi connectivity index (χ4v) is 5.38. The van der Waals surface area contributed by atoms with Crippen LogP contribution in [0.25, 0.3) is 15.4 Å². The molecule has 0 bridgehead atoms. The van der Waals surface area contributed by atoms with Crippen molar-refractivity contribution in [2.75, 3.05) is 19.8 Å². The highest BCUT2D eigenvalue weighted by Crippen LogP contribution is 2.28. The Hall–Kier alpha value is -3.29. The van der Waals surface area contributed by atoms with Crippen LogP contribution in [0.1, 0.15) is 30.5 Å². The van der Waals surface area contributed by atoms with E-state index in [9.17, 15) is 9.59 Å². The molecule has 0 radical (unpaired) electrons. The summed E-state index contributed by atoms with van der Waals surface area (Å²) in [6.45, 7) is 3.05. The third-order valence-electron chi connectivity index (χ3n) is 6.34. The molecular weight excluding hydrogens is 446 g/mol. The summed E-state index contributed by atoms with van der Waals surface area (Å²) in [6.07, 6.45) is 4.94. The first kappa shape index (κ1) is 22.5. The SMILES string of the molecule is C[C@@H](C(=O)N1CCOC[C@H]1C(=O)CCc1cn2cc(-c3ccccc3)sc2n1)c1ccccc1. The monoisotopic (exact) mass is 473 g/mol. The highest BCUT2D eigenvalue weighted by atomic mass is 32.1. The van der Waals surface area contributed by atoms with Crippen LogP contribution in [-0.2, 0) is 20.7 Å². The van der Waals surface area contributed by atoms with E-state index in [0.717, 1.165) is 21.1 Å². The highest BCUT2D eigenvalue weighted by Gasteiger charge is 2.34. The standard InChI is InChI=1S/C27H27N3O3S/c1-19(20-8-4-2-5-9-20)26(32)30-14-15-33-18-23(30)24(31)13-12-22-16-29-17-25(34-27(29)28-22)21-10-6-3-7-11-21/h2-11,16-17,19,23H,12-15,18H2,1H3/t19-,23+/m1/s1. The third kappa shape index (κ3) is 4.67. The molecule has 2 aromatic heterocycles. The molecule has 1 aliphatic heterocycles. The molecular formula is C27H27N3O3S. The summed E-state index contributed by atoms with van der Waals surface area (Å²) in [6, 6.07) is 19.4. The van der Waals surface area contributed by atoms with E-state index < -0.39 is 6.04 Å². The van der Waals surface area contributed by atoms with Crippen molar-refractivity contribution < 1.29 is 14.3 Å². The molecule has 0 aliphatic carbocycles. The number of ether oxygens (including phenoxy) is 1. The van der Waals surface area contributed by atoms with Crippen LogP contribution in [0, 0.1) is 0 Å². The lowest BCUT2D eigenvalue weighted by Crippen LogP contribution is -2.53. The highest BCUT2D eigenvalue weighted by molar-refractivity contribution is 7.20. The minimum absolute atomic E-state index is 0.0228. The van der Waals surface area contributed by atoms with Gasteiger partial charge >= 0.3 is 0 Å². The lowest BCUT2D eigenvalue weighted by atomic mass is 9.97. The zero-order chi connectivity index (χ0) is 23.5. The Balaban J connectivity index is 1.24. The van der Waals surface area contributed by atoms with Gasteiger partial charge in [-0.05, 0) is 24.5 Å². The molecule has 0 saturated carbocycles. The molecule has 1 saturated heterocycles. The van der Waals surface area contributed by atoms with Gasteiger partial charge in [-0.1, -0.05) is 72.0 Å². The zero-order valence-corrected chi connectivity index (χ0v) is 19.9. The van der Waals surface area contributed by atoms with Crippen molar-refractivity contribution in [3.05, 3.63) is 84.3 Å². The maximum Gasteiger partial charge on any atom is 0.230 e. The van der Waals surface area contributed by atoms with Crippen LogP contribution < -0.4 is 0 Å². The van der Waals surface area contributed by atoms with Gasteiger partial charge in [-0.3, -0.25) is 14.0 Å². The van der Waals surface area contributed by atoms with Gasteiger partial charge in [0.15, 0.2) is 10.7 Å². The molecule has 34 heavy (non-hydrogen) atoms. The molecule has 7 heteroatoms. The summed E-state index contributed by atoms with van der Waals surface area (Å²) >= 11 is 1.63. The van der Waals surface area contributed by atoms with Crippen LogP contribution in [-0.4, -0.2) is 51.8 Å². The number of hydrogen-bond donors (Lipinski definition) is 0. The Morgan fingerprint density at radius 1 is 1.09 bits per heavy atom. The molecule has 6 nitrogen and oxygen atoms in total. The van der Waals surface area contributed by atoms with E-state index >= 15 is 0 Å². The van der Waals surface area contributed by atoms with Gasteiger partial charge < -0.3 is 9.64 Å². The Kier molecular flexibility index (Phi) is 6.56. The number of amides is 1. The lowest BCUT2D eigenvalue weighted by molar-refractivity contribution is -0.148. The number of hydrogen-bond acceptors (Lipinski definition) is 5. The van der Waals surface area contributed by atoms with Gasteiger partial charge in [0.1, 0.15) is 6.04 Å². The summed E-state index contributed by atoms with van der Waals surface area (Å²) in [5, 5.41) is 0. The van der Waals surface area contributed by atoms with Gasteiger partial charge in [0, 0.05) is 25.4 Å². The largest absolute Gasteiger partial charge is 0.377 e. The molecule has 2 atom stereocenters. The second kappa shape index (κ2) is 9.91. The lowest BCUT2D eigenvalue weighted by Gasteiger charge is -2.36. The van der Waals surface area contributed by atoms with Crippen LogP contribution in [0.5, 0.6) is 0 Å². The molecule has 4 aromatic rings. The van der Waals surface area contributed by atoms with Crippen molar-refractivity contribution in [2.45, 2.75) is 31.7 Å². The van der Waals surface area contributed by atoms with Crippen molar-refractivity contribution in [2.24, 2.45) is 0 Å². The molecule has 0 unspecified atom stereocenters. The summed E-state index contributed by atoms with van der Waals surface area (Å²) < 4.78 is 7.60. The van der Waals surface area contributed by atoms with E-state index in [1.807, 2.05) is 66.1 Å². The zero-order valence-electron chi connectivity index (χ0n) is 19.1. The van der Waals surface area contributed by atoms with E-state index in [2.05, 4.69) is 18.3 Å². The number of imidazole rings is 1. The second-order valence-electron chi connectivity index (χ2n) is 8.60. The van der Waals surface area contributed by atoms with E-state index in [0.29, 0.717) is 26.0 Å². The number of morpholine rings is 1. The number of carbonyl (C=O) groups is 2. The van der Waals surface area contributed by atoms with E-state index in [1.54, 1.807) is 16.2 Å². The maximum atomic E-state index is 13.2. The molecule has 5 rings (SSSR count). The van der Waals surface area contributed by atoms with Gasteiger partial charge in [-0.15, -0.1) is 0 Å². The van der Waals surface area contributed by atoms with Gasteiger partial charge in [-0.2, -0.15) is 0 Å². The van der Waals surface area contributed by atoms with Gasteiger partial charge in [-0.25, -0.2) is 4.98 Å². The molecule has 1 fully saturated rings. The minimum Gasteiger partial charge on any atom is -0.377 e. The van der Waals surface area contributed by atoms with E-state index in [4.69, 9.17) is 9.72 Å². The van der Waals surface area contributed by atoms with Crippen molar-refractivity contribution in [1.29, 1.82) is 0 Å². The molecule has 2 aromatic carbocycles. The first-order valence-corrected chi connectivity index (χ1v) is 12.4. The number of aromatic nitrogens is 2. The average Bonchev–Trinajstić information content (AvgIpc) is 3.47. The average molecular weight is 474 g/mol. The second-order valence-corrected chi connectivity index (χ2v) is 9.61. The van der Waals surface area contributed by atoms with Crippen molar-refractivity contribution in [3.8, 4) is 10.4 Å². The van der Waals surface area contributed by atoms with E-state index in [1.165, 1.54) is 5.56 Å². The Morgan fingerprint density at radius 2 is 1.82 bits per heavy atom. The fourth-order valence-electron chi connectivity index (χ4n) is 4.39. The topological polar surface area (TPSA) is 63.9 Å². The summed E-state index contributed by atoms with van der Waals surface area (Å²) in [5.74, 6) is -0.299. The van der Waals surface area contributed by atoms with Crippen molar-refractivity contribution in [1.82, 2.24) is 14.3 Å². The summed E-state index contributed by atoms with van der Waals surface area (Å²) in [4.78, 5) is 34.9. The van der Waals surface area contributed by atoms with Crippen LogP contribution in [0.4, 0.5) is 0 Å². The first-order chi connectivity index (χ1) is 16.6. The molecule has 1 amide bonds. The number of Topliss-reactive ketones (excluding diaryl/α,β-unsaturated/α-hetero) is 1. The van der Waals surface area contributed by atoms with E-state index in [-0.39, 0.29) is 24.2 Å². The molecule has 174 valence electrons. The van der Waals surface area contributed by atoms with Gasteiger partial charge in [0.2, 0.25) is 5.91 Å². The van der Waals surface area contributed by atoms with Crippen molar-refractivity contribution in [3.63, 3.8) is 0 Å².